The van der Waals surface area contributed by atoms with Gasteiger partial charge in [0.25, 0.3) is 12.3 Å². The van der Waals surface area contributed by atoms with Crippen molar-refractivity contribution >= 4 is 15.9 Å². The van der Waals surface area contributed by atoms with Crippen molar-refractivity contribution in [3.8, 4) is 11.6 Å². The largest absolute Gasteiger partial charge is 0.439 e. The third-order valence-electron chi connectivity index (χ3n) is 6.44. The van der Waals surface area contributed by atoms with Gasteiger partial charge in [0, 0.05) is 17.5 Å². The van der Waals surface area contributed by atoms with Crippen LogP contribution in [-0.2, 0) is 21.2 Å². The van der Waals surface area contributed by atoms with E-state index in [1.54, 1.807) is 12.1 Å². The zero-order valence-corrected chi connectivity index (χ0v) is 18.7. The van der Waals surface area contributed by atoms with E-state index in [-0.39, 0.29) is 18.1 Å². The molecule has 1 saturated heterocycles. The van der Waals surface area contributed by atoms with Gasteiger partial charge in [0.2, 0.25) is 21.8 Å². The monoisotopic (exact) mass is 499 g/mol. The quantitative estimate of drug-likeness (QED) is 0.656. The predicted octanol–water partition coefficient (Wildman–Crippen LogP) is 3.24. The Morgan fingerprint density at radius 1 is 1.21 bits per heavy atom. The van der Waals surface area contributed by atoms with Crippen molar-refractivity contribution in [3.63, 3.8) is 0 Å². The summed E-state index contributed by atoms with van der Waals surface area (Å²) in [5, 5.41) is 0. The number of amides is 1. The summed E-state index contributed by atoms with van der Waals surface area (Å²) in [5.74, 6) is -5.20. The number of ether oxygens (including phenoxy) is 1. The first-order valence-corrected chi connectivity index (χ1v) is 12.5. The lowest BCUT2D eigenvalue weighted by atomic mass is 9.99. The molecular weight excluding hydrogens is 478 g/mol. The Bertz CT molecular complexity index is 1260. The first-order valence-electron chi connectivity index (χ1n) is 10.6. The molecule has 0 spiro atoms. The van der Waals surface area contributed by atoms with Gasteiger partial charge in [-0.05, 0) is 42.7 Å². The molecule has 3 aliphatic rings. The number of nitrogens with one attached hydrogen (secondary N) is 1. The van der Waals surface area contributed by atoms with Gasteiger partial charge in [-0.2, -0.15) is 0 Å². The normalized spacial score (nSPS) is 27.7. The number of sulfonamides is 1. The number of hydrogen-bond donors (Lipinski definition) is 1. The number of nitrogens with zero attached hydrogens (tertiary/aromatic N) is 2. The zero-order valence-electron chi connectivity index (χ0n) is 17.9. The smallest absolute Gasteiger partial charge is 0.283 e. The Morgan fingerprint density at radius 3 is 2.68 bits per heavy atom. The molecule has 1 amide bonds. The summed E-state index contributed by atoms with van der Waals surface area (Å²) in [6.07, 6.45) is -1.81. The molecule has 2 fully saturated rings. The molecule has 2 aliphatic heterocycles. The molecule has 1 aliphatic carbocycles. The van der Waals surface area contributed by atoms with E-state index in [1.165, 1.54) is 24.3 Å². The minimum absolute atomic E-state index is 0.0875. The lowest BCUT2D eigenvalue weighted by molar-refractivity contribution is -0.134. The van der Waals surface area contributed by atoms with Crippen molar-refractivity contribution in [1.29, 1.82) is 0 Å². The van der Waals surface area contributed by atoms with Crippen LogP contribution in [0.3, 0.4) is 0 Å². The number of pyridine rings is 1. The molecule has 4 bridgehead atoms. The highest BCUT2D eigenvalue weighted by molar-refractivity contribution is 7.88. The van der Waals surface area contributed by atoms with Crippen LogP contribution < -0.4 is 9.46 Å². The zero-order chi connectivity index (χ0) is 24.4. The van der Waals surface area contributed by atoms with Gasteiger partial charge in [-0.1, -0.05) is 12.1 Å². The van der Waals surface area contributed by atoms with Gasteiger partial charge in [0.1, 0.15) is 11.8 Å². The van der Waals surface area contributed by atoms with Crippen LogP contribution in [0.1, 0.15) is 35.6 Å². The second-order valence-electron chi connectivity index (χ2n) is 9.00. The average molecular weight is 499 g/mol. The van der Waals surface area contributed by atoms with Crippen molar-refractivity contribution in [2.24, 2.45) is 5.92 Å². The summed E-state index contributed by atoms with van der Waals surface area (Å²) >= 11 is 0. The summed E-state index contributed by atoms with van der Waals surface area (Å²) in [6.45, 7) is -0.925. The maximum Gasteiger partial charge on any atom is 0.283 e. The first-order chi connectivity index (χ1) is 15.9. The van der Waals surface area contributed by atoms with Gasteiger partial charge in [0.05, 0.1) is 24.4 Å². The predicted molar refractivity (Wildman–Crippen MR) is 112 cm³/mol. The van der Waals surface area contributed by atoms with E-state index >= 15 is 0 Å². The fourth-order valence-electron chi connectivity index (χ4n) is 4.79. The van der Waals surface area contributed by atoms with Crippen LogP contribution in [0.25, 0.3) is 0 Å². The molecule has 1 N–H and O–H groups in total. The Hall–Kier alpha value is -2.73. The number of halogens is 4. The van der Waals surface area contributed by atoms with E-state index < -0.39 is 64.3 Å². The minimum Gasteiger partial charge on any atom is -0.439 e. The highest BCUT2D eigenvalue weighted by Crippen LogP contribution is 2.50. The van der Waals surface area contributed by atoms with Crippen molar-refractivity contribution in [2.75, 3.05) is 12.8 Å². The van der Waals surface area contributed by atoms with Crippen LogP contribution in [0, 0.1) is 5.92 Å². The van der Waals surface area contributed by atoms with Gasteiger partial charge >= 0.3 is 0 Å². The SMILES string of the molecule is CS(=O)(=O)N[C@@H]1[C@@H]2Cc3cccc(c3)Oc3nc(ccc3C(F)F)[C@@H]3C[C@@H]3C(=O)N2CC1(F)F. The summed E-state index contributed by atoms with van der Waals surface area (Å²) in [7, 11) is -4.00. The third-order valence-corrected chi connectivity index (χ3v) is 7.12. The summed E-state index contributed by atoms with van der Waals surface area (Å²) in [5.41, 5.74) is 0.436. The Labute approximate surface area is 193 Å². The van der Waals surface area contributed by atoms with E-state index in [1.807, 2.05) is 4.72 Å². The number of benzene rings is 1. The van der Waals surface area contributed by atoms with Gasteiger partial charge in [0.15, 0.2) is 0 Å². The minimum atomic E-state index is -4.00. The van der Waals surface area contributed by atoms with E-state index in [4.69, 9.17) is 4.74 Å². The van der Waals surface area contributed by atoms with Crippen LogP contribution in [-0.4, -0.2) is 55.0 Å². The van der Waals surface area contributed by atoms with Gasteiger partial charge in [-0.3, -0.25) is 4.79 Å². The summed E-state index contributed by atoms with van der Waals surface area (Å²) in [4.78, 5) is 18.6. The van der Waals surface area contributed by atoms with Crippen LogP contribution in [0.2, 0.25) is 0 Å². The van der Waals surface area contributed by atoms with Crippen molar-refractivity contribution in [3.05, 3.63) is 53.2 Å². The van der Waals surface area contributed by atoms with Gasteiger partial charge in [-0.15, -0.1) is 0 Å². The molecule has 7 nitrogen and oxygen atoms in total. The highest BCUT2D eigenvalue weighted by Gasteiger charge is 2.59. The number of aromatic nitrogens is 1. The van der Waals surface area contributed by atoms with E-state index in [9.17, 15) is 30.8 Å². The topological polar surface area (TPSA) is 88.6 Å². The summed E-state index contributed by atoms with van der Waals surface area (Å²) in [6, 6.07) is 5.80. The Balaban J connectivity index is 1.60. The molecule has 5 rings (SSSR count). The Kier molecular flexibility index (Phi) is 5.36. The maximum atomic E-state index is 15.0. The molecule has 1 aromatic carbocycles. The molecular formula is C22H21F4N3O4S. The van der Waals surface area contributed by atoms with Gasteiger partial charge < -0.3 is 9.64 Å². The molecule has 1 aromatic heterocycles. The number of carbonyl (C=O) groups excluding carboxylic acids is 1. The third kappa shape index (κ3) is 4.24. The number of carbonyl (C=O) groups is 1. The van der Waals surface area contributed by atoms with E-state index in [0.29, 0.717) is 17.7 Å². The molecule has 0 unspecified atom stereocenters. The van der Waals surface area contributed by atoms with Crippen LogP contribution >= 0.6 is 0 Å². The lowest BCUT2D eigenvalue weighted by Crippen LogP contribution is -2.52. The number of hydrogen-bond acceptors (Lipinski definition) is 5. The van der Waals surface area contributed by atoms with E-state index in [0.717, 1.165) is 11.2 Å². The molecule has 12 heteroatoms. The van der Waals surface area contributed by atoms with Crippen LogP contribution in [0.5, 0.6) is 11.6 Å². The van der Waals surface area contributed by atoms with Gasteiger partial charge in [-0.25, -0.2) is 35.7 Å². The van der Waals surface area contributed by atoms with Crippen molar-refractivity contribution in [1.82, 2.24) is 14.6 Å². The summed E-state index contributed by atoms with van der Waals surface area (Å²) < 4.78 is 88.4. The standard InChI is InChI=1S/C22H21F4N3O4S/c1-34(31,32)28-18-17-8-11-3-2-4-12(7-11)33-20-13(19(23)24)5-6-16(27-20)14-9-15(14)21(30)29(17)10-22(18,25)26/h2-7,14-15,17-19,28H,8-10H2,1H3/t14-,15+,17+,18-/m1/s1. The van der Waals surface area contributed by atoms with Crippen LogP contribution in [0.15, 0.2) is 36.4 Å². The maximum absolute atomic E-state index is 15.0. The van der Waals surface area contributed by atoms with Crippen molar-refractivity contribution in [2.45, 2.75) is 43.2 Å². The second-order valence-corrected chi connectivity index (χ2v) is 10.8. The fraction of sp³-hybridized carbons (Fsp3) is 0.455. The first kappa shape index (κ1) is 23.0. The Morgan fingerprint density at radius 2 is 1.97 bits per heavy atom. The number of rotatable bonds is 3. The molecule has 0 radical (unpaired) electrons. The molecule has 2 aromatic rings. The van der Waals surface area contributed by atoms with Crippen molar-refractivity contribution < 1.29 is 35.5 Å². The fourth-order valence-corrected chi connectivity index (χ4v) is 5.58. The van der Waals surface area contributed by atoms with Crippen LogP contribution in [0.4, 0.5) is 17.6 Å². The molecule has 34 heavy (non-hydrogen) atoms. The molecule has 182 valence electrons. The average Bonchev–Trinajstić information content (AvgIpc) is 3.50. The molecule has 1 saturated carbocycles. The van der Waals surface area contributed by atoms with E-state index in [2.05, 4.69) is 4.98 Å². The molecule has 4 atom stereocenters. The molecule has 3 heterocycles. The lowest BCUT2D eigenvalue weighted by Gasteiger charge is -2.28. The highest BCUT2D eigenvalue weighted by atomic mass is 32.2. The number of fused-ring (bicyclic) bond motifs is 7. The number of alkyl halides is 4. The second kappa shape index (κ2) is 7.91.